The maximum Gasteiger partial charge on any atom is 0.257 e. The largest absolute Gasteiger partial charge is 0.494 e. The Labute approximate surface area is 145 Å². The van der Waals surface area contributed by atoms with Gasteiger partial charge < -0.3 is 4.74 Å². The van der Waals surface area contributed by atoms with E-state index in [2.05, 4.69) is 20.4 Å². The summed E-state index contributed by atoms with van der Waals surface area (Å²) in [6.45, 7) is 5.53. The Hall–Kier alpha value is -1.99. The van der Waals surface area contributed by atoms with Gasteiger partial charge in [-0.05, 0) is 51.1 Å². The number of nitrogens with zero attached hydrogens (tertiary/aromatic N) is 3. The van der Waals surface area contributed by atoms with E-state index in [1.807, 2.05) is 19.1 Å². The van der Waals surface area contributed by atoms with Gasteiger partial charge in [-0.3, -0.25) is 15.0 Å². The number of carbonyl (C=O) groups is 1. The first-order valence-corrected chi connectivity index (χ1v) is 9.15. The molecule has 0 unspecified atom stereocenters. The Kier molecular flexibility index (Phi) is 5.77. The van der Waals surface area contributed by atoms with Crippen LogP contribution >= 0.6 is 11.3 Å². The van der Waals surface area contributed by atoms with E-state index in [-0.39, 0.29) is 5.91 Å². The van der Waals surface area contributed by atoms with E-state index < -0.39 is 0 Å². The standard InChI is InChI=1S/C17H22N4O2S/c1-2-23-14-8-6-7-13(11-14)16(22)18-17-20-19-15(24-17)12-21-9-4-3-5-10-21/h6-8,11H,2-5,9-10,12H2,1H3,(H,18,20,22). The van der Waals surface area contributed by atoms with Crippen molar-refractivity contribution in [3.05, 3.63) is 34.8 Å². The lowest BCUT2D eigenvalue weighted by Gasteiger charge is -2.24. The number of piperidine rings is 1. The van der Waals surface area contributed by atoms with Gasteiger partial charge in [0.15, 0.2) is 0 Å². The van der Waals surface area contributed by atoms with Gasteiger partial charge >= 0.3 is 0 Å². The summed E-state index contributed by atoms with van der Waals surface area (Å²) in [5, 5.41) is 12.6. The minimum atomic E-state index is -0.197. The topological polar surface area (TPSA) is 67.3 Å². The third-order valence-electron chi connectivity index (χ3n) is 3.90. The van der Waals surface area contributed by atoms with Crippen molar-refractivity contribution in [3.63, 3.8) is 0 Å². The zero-order valence-electron chi connectivity index (χ0n) is 13.8. The first kappa shape index (κ1) is 16.9. The number of hydrogen-bond donors (Lipinski definition) is 1. The van der Waals surface area contributed by atoms with Crippen LogP contribution in [0, 0.1) is 0 Å². The number of aromatic nitrogens is 2. The first-order chi connectivity index (χ1) is 11.7. The molecule has 2 heterocycles. The van der Waals surface area contributed by atoms with Gasteiger partial charge in [0.25, 0.3) is 5.91 Å². The zero-order chi connectivity index (χ0) is 16.8. The summed E-state index contributed by atoms with van der Waals surface area (Å²) < 4.78 is 5.42. The van der Waals surface area contributed by atoms with E-state index in [0.717, 1.165) is 24.6 Å². The third-order valence-corrected chi connectivity index (χ3v) is 4.73. The van der Waals surface area contributed by atoms with Gasteiger partial charge in [0.1, 0.15) is 10.8 Å². The van der Waals surface area contributed by atoms with Crippen molar-refractivity contribution < 1.29 is 9.53 Å². The van der Waals surface area contributed by atoms with Crippen molar-refractivity contribution in [2.45, 2.75) is 32.7 Å². The van der Waals surface area contributed by atoms with E-state index in [1.54, 1.807) is 12.1 Å². The first-order valence-electron chi connectivity index (χ1n) is 8.33. The van der Waals surface area contributed by atoms with Crippen molar-refractivity contribution in [1.29, 1.82) is 0 Å². The van der Waals surface area contributed by atoms with Crippen molar-refractivity contribution >= 4 is 22.4 Å². The van der Waals surface area contributed by atoms with Gasteiger partial charge in [0, 0.05) is 5.56 Å². The molecule has 7 heteroatoms. The molecule has 1 aliphatic rings. The Morgan fingerprint density at radius 2 is 2.12 bits per heavy atom. The summed E-state index contributed by atoms with van der Waals surface area (Å²) in [5.41, 5.74) is 0.550. The van der Waals surface area contributed by atoms with Crippen molar-refractivity contribution in [3.8, 4) is 5.75 Å². The van der Waals surface area contributed by atoms with Crippen LogP contribution in [0.2, 0.25) is 0 Å². The molecule has 2 aromatic rings. The molecule has 1 amide bonds. The van der Waals surface area contributed by atoms with E-state index in [4.69, 9.17) is 4.74 Å². The summed E-state index contributed by atoms with van der Waals surface area (Å²) in [6.07, 6.45) is 3.81. The number of likely N-dealkylation sites (tertiary alicyclic amines) is 1. The summed E-state index contributed by atoms with van der Waals surface area (Å²) in [6, 6.07) is 7.13. The molecule has 128 valence electrons. The van der Waals surface area contributed by atoms with Crippen molar-refractivity contribution in [1.82, 2.24) is 15.1 Å². The number of rotatable bonds is 6. The molecule has 0 radical (unpaired) electrons. The quantitative estimate of drug-likeness (QED) is 0.870. The molecule has 0 atom stereocenters. The smallest absolute Gasteiger partial charge is 0.257 e. The average molecular weight is 346 g/mol. The fraction of sp³-hybridized carbons (Fsp3) is 0.471. The number of anilines is 1. The Morgan fingerprint density at radius 1 is 1.29 bits per heavy atom. The van der Waals surface area contributed by atoms with Gasteiger partial charge in [0.05, 0.1) is 13.2 Å². The normalized spacial score (nSPS) is 15.2. The van der Waals surface area contributed by atoms with E-state index >= 15 is 0 Å². The van der Waals surface area contributed by atoms with Crippen molar-refractivity contribution in [2.24, 2.45) is 0 Å². The second-order valence-corrected chi connectivity index (χ2v) is 6.81. The Bertz CT molecular complexity index is 683. The van der Waals surface area contributed by atoms with Crippen LogP contribution in [0.25, 0.3) is 0 Å². The summed E-state index contributed by atoms with van der Waals surface area (Å²) in [5.74, 6) is 0.491. The highest BCUT2D eigenvalue weighted by molar-refractivity contribution is 7.15. The van der Waals surface area contributed by atoms with E-state index in [9.17, 15) is 4.79 Å². The Balaban J connectivity index is 1.59. The highest BCUT2D eigenvalue weighted by Crippen LogP contribution is 2.20. The molecule has 0 aliphatic carbocycles. The molecule has 1 N–H and O–H groups in total. The maximum absolute atomic E-state index is 12.3. The molecule has 6 nitrogen and oxygen atoms in total. The monoisotopic (exact) mass is 346 g/mol. The molecule has 3 rings (SSSR count). The predicted molar refractivity (Wildman–Crippen MR) is 94.6 cm³/mol. The number of hydrogen-bond acceptors (Lipinski definition) is 6. The molecular weight excluding hydrogens is 324 g/mol. The lowest BCUT2D eigenvalue weighted by molar-refractivity contribution is 0.102. The van der Waals surface area contributed by atoms with Gasteiger partial charge in [0.2, 0.25) is 5.13 Å². The van der Waals surface area contributed by atoms with Crippen LogP contribution in [-0.4, -0.2) is 40.7 Å². The van der Waals surface area contributed by atoms with E-state index in [1.165, 1.54) is 30.6 Å². The number of carbonyl (C=O) groups excluding carboxylic acids is 1. The molecule has 0 spiro atoms. The number of benzene rings is 1. The molecule has 1 fully saturated rings. The molecule has 24 heavy (non-hydrogen) atoms. The lowest BCUT2D eigenvalue weighted by atomic mass is 10.1. The zero-order valence-corrected chi connectivity index (χ0v) is 14.6. The van der Waals surface area contributed by atoms with E-state index in [0.29, 0.717) is 23.1 Å². The SMILES string of the molecule is CCOc1cccc(C(=O)Nc2nnc(CN3CCCCC3)s2)c1. The fourth-order valence-electron chi connectivity index (χ4n) is 2.74. The molecule has 0 bridgehead atoms. The third kappa shape index (κ3) is 4.52. The van der Waals surface area contributed by atoms with Crippen LogP contribution in [0.3, 0.4) is 0 Å². The van der Waals surface area contributed by atoms with Crippen LogP contribution in [-0.2, 0) is 6.54 Å². The summed E-state index contributed by atoms with van der Waals surface area (Å²) >= 11 is 1.44. The number of ether oxygens (including phenoxy) is 1. The minimum Gasteiger partial charge on any atom is -0.494 e. The maximum atomic E-state index is 12.3. The van der Waals surface area contributed by atoms with Gasteiger partial charge in [-0.25, -0.2) is 0 Å². The summed E-state index contributed by atoms with van der Waals surface area (Å²) in [7, 11) is 0. The highest BCUT2D eigenvalue weighted by Gasteiger charge is 2.15. The molecular formula is C17H22N4O2S. The number of nitrogens with one attached hydrogen (secondary N) is 1. The van der Waals surface area contributed by atoms with Crippen LogP contribution in [0.5, 0.6) is 5.75 Å². The number of amides is 1. The Morgan fingerprint density at radius 3 is 2.92 bits per heavy atom. The molecule has 1 saturated heterocycles. The van der Waals surface area contributed by atoms with Crippen LogP contribution in [0.4, 0.5) is 5.13 Å². The average Bonchev–Trinajstić information content (AvgIpc) is 3.03. The molecule has 0 saturated carbocycles. The highest BCUT2D eigenvalue weighted by atomic mass is 32.1. The van der Waals surface area contributed by atoms with Gasteiger partial charge in [-0.1, -0.05) is 23.8 Å². The van der Waals surface area contributed by atoms with Gasteiger partial charge in [-0.2, -0.15) is 0 Å². The fourth-order valence-corrected chi connectivity index (χ4v) is 3.52. The van der Waals surface area contributed by atoms with Crippen LogP contribution < -0.4 is 10.1 Å². The minimum absolute atomic E-state index is 0.197. The second-order valence-electron chi connectivity index (χ2n) is 5.75. The molecule has 1 aliphatic heterocycles. The summed E-state index contributed by atoms with van der Waals surface area (Å²) in [4.78, 5) is 14.7. The lowest BCUT2D eigenvalue weighted by Crippen LogP contribution is -2.28. The van der Waals surface area contributed by atoms with Crippen LogP contribution in [0.15, 0.2) is 24.3 Å². The van der Waals surface area contributed by atoms with Crippen molar-refractivity contribution in [2.75, 3.05) is 25.0 Å². The predicted octanol–water partition coefficient (Wildman–Crippen LogP) is 3.18. The van der Waals surface area contributed by atoms with Gasteiger partial charge in [-0.15, -0.1) is 10.2 Å². The molecule has 1 aromatic heterocycles. The van der Waals surface area contributed by atoms with Crippen LogP contribution in [0.1, 0.15) is 41.6 Å². The molecule has 1 aromatic carbocycles. The second kappa shape index (κ2) is 8.21.